The fraction of sp³-hybridized carbons (Fsp3) is 0.150. The van der Waals surface area contributed by atoms with Gasteiger partial charge in [-0.2, -0.15) is 0 Å². The van der Waals surface area contributed by atoms with E-state index in [1.807, 2.05) is 25.1 Å². The summed E-state index contributed by atoms with van der Waals surface area (Å²) in [6, 6.07) is 15.9. The fourth-order valence-corrected chi connectivity index (χ4v) is 2.37. The summed E-state index contributed by atoms with van der Waals surface area (Å²) in [6.45, 7) is 1.95. The highest BCUT2D eigenvalue weighted by Gasteiger charge is 2.11. The molecular formula is C20H18N2O4. The quantitative estimate of drug-likeness (QED) is 0.654. The van der Waals surface area contributed by atoms with Gasteiger partial charge < -0.3 is 14.2 Å². The predicted molar refractivity (Wildman–Crippen MR) is 96.7 cm³/mol. The molecule has 0 bridgehead atoms. The van der Waals surface area contributed by atoms with Gasteiger partial charge in [0.05, 0.1) is 25.5 Å². The first-order valence-corrected chi connectivity index (χ1v) is 7.95. The third-order valence-electron chi connectivity index (χ3n) is 3.80. The average molecular weight is 350 g/mol. The zero-order valence-corrected chi connectivity index (χ0v) is 14.7. The number of hydrogen-bond donors (Lipinski definition) is 0. The summed E-state index contributed by atoms with van der Waals surface area (Å²) in [5.74, 6) is 0.896. The number of rotatable bonds is 5. The number of carbonyl (C=O) groups is 1. The second-order valence-electron chi connectivity index (χ2n) is 5.58. The summed E-state index contributed by atoms with van der Waals surface area (Å²) in [5, 5.41) is 8.09. The number of ether oxygens (including phenoxy) is 3. The predicted octanol–water partition coefficient (Wildman–Crippen LogP) is 3.69. The van der Waals surface area contributed by atoms with E-state index < -0.39 is 5.97 Å². The molecule has 6 nitrogen and oxygen atoms in total. The second-order valence-corrected chi connectivity index (χ2v) is 5.58. The van der Waals surface area contributed by atoms with E-state index in [1.165, 1.54) is 0 Å². The van der Waals surface area contributed by atoms with E-state index in [2.05, 4.69) is 10.2 Å². The second kappa shape index (κ2) is 7.65. The van der Waals surface area contributed by atoms with Crippen LogP contribution in [0.1, 0.15) is 15.9 Å². The molecule has 0 atom stereocenters. The molecule has 0 N–H and O–H groups in total. The maximum absolute atomic E-state index is 12.1. The SMILES string of the molecule is COc1ccc(-c2ccc(OC(=O)c3ccc(C)cc3)nn2)cc1OC. The lowest BCUT2D eigenvalue weighted by molar-refractivity contribution is 0.0726. The van der Waals surface area contributed by atoms with E-state index in [1.54, 1.807) is 50.6 Å². The zero-order chi connectivity index (χ0) is 18.5. The smallest absolute Gasteiger partial charge is 0.344 e. The summed E-state index contributed by atoms with van der Waals surface area (Å²) in [7, 11) is 3.15. The molecule has 3 aromatic rings. The molecule has 0 spiro atoms. The van der Waals surface area contributed by atoms with Gasteiger partial charge in [0, 0.05) is 11.6 Å². The lowest BCUT2D eigenvalue weighted by Crippen LogP contribution is -2.09. The van der Waals surface area contributed by atoms with Gasteiger partial charge in [-0.05, 0) is 43.3 Å². The van der Waals surface area contributed by atoms with Gasteiger partial charge in [0.25, 0.3) is 0 Å². The normalized spacial score (nSPS) is 10.3. The van der Waals surface area contributed by atoms with Gasteiger partial charge in [0.15, 0.2) is 11.5 Å². The standard InChI is InChI=1S/C20H18N2O4/c1-13-4-6-14(7-5-13)20(23)26-19-11-9-16(21-22-19)15-8-10-17(24-2)18(12-15)25-3/h4-12H,1-3H3. The average Bonchev–Trinajstić information content (AvgIpc) is 2.68. The number of aryl methyl sites for hydroxylation is 1. The van der Waals surface area contributed by atoms with Gasteiger partial charge in [0.1, 0.15) is 0 Å². The van der Waals surface area contributed by atoms with Gasteiger partial charge >= 0.3 is 5.97 Å². The Kier molecular flexibility index (Phi) is 5.12. The van der Waals surface area contributed by atoms with Crippen molar-refractivity contribution in [3.05, 3.63) is 65.7 Å². The van der Waals surface area contributed by atoms with Crippen LogP contribution in [0.15, 0.2) is 54.6 Å². The Labute approximate surface area is 151 Å². The van der Waals surface area contributed by atoms with Crippen LogP contribution in [-0.4, -0.2) is 30.4 Å². The van der Waals surface area contributed by atoms with E-state index in [0.717, 1.165) is 11.1 Å². The van der Waals surface area contributed by atoms with E-state index in [4.69, 9.17) is 14.2 Å². The third kappa shape index (κ3) is 3.80. The first kappa shape index (κ1) is 17.4. The van der Waals surface area contributed by atoms with Crippen molar-refractivity contribution < 1.29 is 19.0 Å². The molecule has 0 amide bonds. The molecular weight excluding hydrogens is 332 g/mol. The van der Waals surface area contributed by atoms with Crippen LogP contribution in [0.25, 0.3) is 11.3 Å². The molecule has 132 valence electrons. The highest BCUT2D eigenvalue weighted by molar-refractivity contribution is 5.90. The number of esters is 1. The number of benzene rings is 2. The number of hydrogen-bond acceptors (Lipinski definition) is 6. The van der Waals surface area contributed by atoms with Crippen LogP contribution in [0, 0.1) is 6.92 Å². The molecule has 6 heteroatoms. The first-order valence-electron chi connectivity index (χ1n) is 7.95. The monoisotopic (exact) mass is 350 g/mol. The molecule has 0 fully saturated rings. The molecule has 0 saturated heterocycles. The number of methoxy groups -OCH3 is 2. The summed E-state index contributed by atoms with van der Waals surface area (Å²) in [6.07, 6.45) is 0. The van der Waals surface area contributed by atoms with Crippen LogP contribution in [0.2, 0.25) is 0 Å². The van der Waals surface area contributed by atoms with Crippen molar-refractivity contribution >= 4 is 5.97 Å². The fourth-order valence-electron chi connectivity index (χ4n) is 2.37. The van der Waals surface area contributed by atoms with Crippen LogP contribution < -0.4 is 14.2 Å². The van der Waals surface area contributed by atoms with Crippen molar-refractivity contribution in [2.24, 2.45) is 0 Å². The molecule has 0 unspecified atom stereocenters. The van der Waals surface area contributed by atoms with E-state index >= 15 is 0 Å². The zero-order valence-electron chi connectivity index (χ0n) is 14.7. The summed E-state index contributed by atoms with van der Waals surface area (Å²) in [4.78, 5) is 12.1. The molecule has 2 aromatic carbocycles. The Morgan fingerprint density at radius 1 is 0.846 bits per heavy atom. The van der Waals surface area contributed by atoms with Crippen molar-refractivity contribution in [3.63, 3.8) is 0 Å². The Morgan fingerprint density at radius 2 is 1.58 bits per heavy atom. The topological polar surface area (TPSA) is 70.5 Å². The van der Waals surface area contributed by atoms with Crippen LogP contribution in [0.4, 0.5) is 0 Å². The van der Waals surface area contributed by atoms with E-state index in [-0.39, 0.29) is 5.88 Å². The lowest BCUT2D eigenvalue weighted by Gasteiger charge is -2.09. The highest BCUT2D eigenvalue weighted by Crippen LogP contribution is 2.31. The third-order valence-corrected chi connectivity index (χ3v) is 3.80. The molecule has 1 aromatic heterocycles. The maximum atomic E-state index is 12.1. The Bertz CT molecular complexity index is 906. The summed E-state index contributed by atoms with van der Waals surface area (Å²) < 4.78 is 15.8. The number of nitrogens with zero attached hydrogens (tertiary/aromatic N) is 2. The minimum absolute atomic E-state index is 0.139. The summed E-state index contributed by atoms with van der Waals surface area (Å²) >= 11 is 0. The highest BCUT2D eigenvalue weighted by atomic mass is 16.5. The van der Waals surface area contributed by atoms with Crippen LogP contribution in [0.3, 0.4) is 0 Å². The molecule has 0 radical (unpaired) electrons. The van der Waals surface area contributed by atoms with Gasteiger partial charge in [0.2, 0.25) is 5.88 Å². The number of aromatic nitrogens is 2. The van der Waals surface area contributed by atoms with Gasteiger partial charge in [-0.3, -0.25) is 0 Å². The van der Waals surface area contributed by atoms with Crippen LogP contribution in [0.5, 0.6) is 17.4 Å². The maximum Gasteiger partial charge on any atom is 0.344 e. The van der Waals surface area contributed by atoms with Crippen LogP contribution >= 0.6 is 0 Å². The minimum atomic E-state index is -0.474. The molecule has 3 rings (SSSR count). The van der Waals surface area contributed by atoms with Crippen molar-refractivity contribution in [1.29, 1.82) is 0 Å². The lowest BCUT2D eigenvalue weighted by atomic mass is 10.1. The van der Waals surface area contributed by atoms with Crippen molar-refractivity contribution in [2.45, 2.75) is 6.92 Å². The number of carbonyl (C=O) groups excluding carboxylic acids is 1. The molecule has 0 aliphatic carbocycles. The molecule has 1 heterocycles. The Balaban J connectivity index is 1.76. The van der Waals surface area contributed by atoms with E-state index in [9.17, 15) is 4.79 Å². The van der Waals surface area contributed by atoms with Crippen molar-refractivity contribution in [1.82, 2.24) is 10.2 Å². The molecule has 0 aliphatic heterocycles. The Hall–Kier alpha value is -3.41. The van der Waals surface area contributed by atoms with Crippen molar-refractivity contribution in [2.75, 3.05) is 14.2 Å². The largest absolute Gasteiger partial charge is 0.493 e. The minimum Gasteiger partial charge on any atom is -0.493 e. The van der Waals surface area contributed by atoms with Gasteiger partial charge in [-0.25, -0.2) is 4.79 Å². The summed E-state index contributed by atoms with van der Waals surface area (Å²) in [5.41, 5.74) is 2.97. The molecule has 0 aliphatic rings. The first-order chi connectivity index (χ1) is 12.6. The van der Waals surface area contributed by atoms with Crippen molar-refractivity contribution in [3.8, 4) is 28.6 Å². The van der Waals surface area contributed by atoms with Gasteiger partial charge in [-0.1, -0.05) is 17.7 Å². The van der Waals surface area contributed by atoms with Gasteiger partial charge in [-0.15, -0.1) is 10.2 Å². The Morgan fingerprint density at radius 3 is 2.19 bits per heavy atom. The molecule has 0 saturated carbocycles. The molecule has 26 heavy (non-hydrogen) atoms. The van der Waals surface area contributed by atoms with Crippen LogP contribution in [-0.2, 0) is 0 Å². The van der Waals surface area contributed by atoms with E-state index in [0.29, 0.717) is 22.8 Å².